The van der Waals surface area contributed by atoms with Crippen molar-refractivity contribution in [3.05, 3.63) is 110 Å². The van der Waals surface area contributed by atoms with Crippen molar-refractivity contribution in [2.45, 2.75) is 18.3 Å². The Morgan fingerprint density at radius 2 is 1.92 bits per heavy atom. The summed E-state index contributed by atoms with van der Waals surface area (Å²) >= 11 is 10.8. The number of benzene rings is 3. The number of fused-ring (bicyclic) bond motifs is 4. The first-order chi connectivity index (χ1) is 18.5. The van der Waals surface area contributed by atoms with Crippen LogP contribution >= 0.6 is 39.3 Å². The van der Waals surface area contributed by atoms with Crippen LogP contribution in [0.2, 0.25) is 5.02 Å². The van der Waals surface area contributed by atoms with Gasteiger partial charge in [-0.15, -0.1) is 0 Å². The van der Waals surface area contributed by atoms with Gasteiger partial charge < -0.3 is 4.74 Å². The van der Waals surface area contributed by atoms with E-state index in [1.54, 1.807) is 6.20 Å². The van der Waals surface area contributed by atoms with E-state index in [2.05, 4.69) is 37.5 Å². The van der Waals surface area contributed by atoms with E-state index in [4.69, 9.17) is 21.4 Å². The molecule has 3 aromatic carbocycles. The quantitative estimate of drug-likeness (QED) is 0.259. The number of rotatable bonds is 3. The van der Waals surface area contributed by atoms with Crippen LogP contribution in [0, 0.1) is 0 Å². The summed E-state index contributed by atoms with van der Waals surface area (Å²) in [7, 11) is 0. The maximum Gasteiger partial charge on any atom is 0.314 e. The number of halogens is 2. The summed E-state index contributed by atoms with van der Waals surface area (Å²) in [5.74, 6) is -0.599. The largest absolute Gasteiger partial charge is 0.444 e. The van der Waals surface area contributed by atoms with Crippen LogP contribution in [0.3, 0.4) is 0 Å². The Labute approximate surface area is 236 Å². The Morgan fingerprint density at radius 3 is 2.74 bits per heavy atom. The van der Waals surface area contributed by atoms with Crippen LogP contribution in [0.15, 0.2) is 93.5 Å². The number of aromatic amines is 1. The zero-order valence-corrected chi connectivity index (χ0v) is 22.8. The van der Waals surface area contributed by atoms with Gasteiger partial charge >= 0.3 is 5.85 Å². The van der Waals surface area contributed by atoms with Crippen LogP contribution < -0.4 is 10.1 Å². The van der Waals surface area contributed by atoms with E-state index in [0.29, 0.717) is 22.1 Å². The molecule has 2 N–H and O–H groups in total. The molecule has 7 rings (SSSR count). The molecule has 7 nitrogen and oxygen atoms in total. The molecule has 4 heterocycles. The number of thioether (sulfide) groups is 1. The van der Waals surface area contributed by atoms with Crippen LogP contribution in [0.1, 0.15) is 29.2 Å². The summed E-state index contributed by atoms with van der Waals surface area (Å²) in [5.41, 5.74) is 5.56. The highest BCUT2D eigenvalue weighted by Gasteiger charge is 2.58. The molecule has 1 amide bonds. The van der Waals surface area contributed by atoms with E-state index in [1.165, 1.54) is 0 Å². The minimum atomic E-state index is -1.30. The first kappa shape index (κ1) is 23.6. The summed E-state index contributed by atoms with van der Waals surface area (Å²) in [6.07, 6.45) is 4.35. The van der Waals surface area contributed by atoms with Gasteiger partial charge in [-0.05, 0) is 53.7 Å². The number of nitrogens with zero attached hydrogens (tertiary/aromatic N) is 3. The zero-order valence-electron chi connectivity index (χ0n) is 19.7. The molecule has 188 valence electrons. The fraction of sp³-hybridized carbons (Fsp3) is 0.107. The molecule has 10 heteroatoms. The summed E-state index contributed by atoms with van der Waals surface area (Å²) in [4.78, 5) is 13.6. The molecule has 1 fully saturated rings. The fourth-order valence-electron chi connectivity index (χ4n) is 5.09. The van der Waals surface area contributed by atoms with Gasteiger partial charge in [0.15, 0.2) is 0 Å². The van der Waals surface area contributed by atoms with Gasteiger partial charge in [0.2, 0.25) is 0 Å². The number of carbonyl (C=O) groups is 1. The number of amides is 1. The predicted octanol–water partition coefficient (Wildman–Crippen LogP) is 7.19. The first-order valence-electron chi connectivity index (χ1n) is 11.9. The molecule has 0 bridgehead atoms. The Morgan fingerprint density at radius 1 is 1.11 bits per heavy atom. The van der Waals surface area contributed by atoms with Crippen molar-refractivity contribution in [2.75, 3.05) is 0 Å². The van der Waals surface area contributed by atoms with Crippen LogP contribution in [-0.4, -0.2) is 32.0 Å². The third-order valence-corrected chi connectivity index (χ3v) is 8.47. The second-order valence-corrected chi connectivity index (χ2v) is 11.5. The number of carbonyl (C=O) groups excluding carboxylic acids is 1. The van der Waals surface area contributed by atoms with Crippen LogP contribution in [0.4, 0.5) is 4.79 Å². The second-order valence-electron chi connectivity index (χ2n) is 9.14. The van der Waals surface area contributed by atoms with Crippen molar-refractivity contribution in [1.29, 1.82) is 0 Å². The predicted molar refractivity (Wildman–Crippen MR) is 153 cm³/mol. The number of H-pyrrole nitrogens is 1. The maximum atomic E-state index is 13.0. The van der Waals surface area contributed by atoms with Crippen molar-refractivity contribution >= 4 is 56.3 Å². The molecule has 0 aliphatic carbocycles. The molecule has 1 aromatic heterocycles. The molecule has 2 atom stereocenters. The van der Waals surface area contributed by atoms with Gasteiger partial charge in [0.05, 0.1) is 28.5 Å². The Bertz CT molecular complexity index is 1640. The van der Waals surface area contributed by atoms with Crippen molar-refractivity contribution in [2.24, 2.45) is 5.10 Å². The lowest BCUT2D eigenvalue weighted by molar-refractivity contribution is -0.0949. The van der Waals surface area contributed by atoms with Gasteiger partial charge in [0.1, 0.15) is 5.75 Å². The van der Waals surface area contributed by atoms with E-state index < -0.39 is 5.85 Å². The minimum Gasteiger partial charge on any atom is -0.444 e. The highest BCUT2D eigenvalue weighted by molar-refractivity contribution is 9.10. The van der Waals surface area contributed by atoms with E-state index in [9.17, 15) is 4.79 Å². The molecule has 4 aromatic rings. The molecule has 1 spiro atoms. The summed E-state index contributed by atoms with van der Waals surface area (Å²) in [6.45, 7) is 0. The summed E-state index contributed by atoms with van der Waals surface area (Å²) in [5, 5.41) is 17.8. The van der Waals surface area contributed by atoms with E-state index in [-0.39, 0.29) is 11.3 Å². The number of hydrogen-bond donors (Lipinski definition) is 2. The average Bonchev–Trinajstić information content (AvgIpc) is 3.64. The van der Waals surface area contributed by atoms with E-state index in [1.807, 2.05) is 77.8 Å². The number of nitrogens with one attached hydrogen (secondary N) is 2. The number of hydrazone groups is 1. The lowest BCUT2D eigenvalue weighted by Gasteiger charge is -2.45. The Hall–Kier alpha value is -3.53. The average molecular weight is 605 g/mol. The van der Waals surface area contributed by atoms with E-state index >= 15 is 0 Å². The molecule has 3 aliphatic rings. The Balaban J connectivity index is 1.38. The van der Waals surface area contributed by atoms with Gasteiger partial charge in [0.25, 0.3) is 5.24 Å². The van der Waals surface area contributed by atoms with Crippen LogP contribution in [0.5, 0.6) is 5.75 Å². The van der Waals surface area contributed by atoms with Gasteiger partial charge in [-0.2, -0.15) is 10.2 Å². The van der Waals surface area contributed by atoms with E-state index in [0.717, 1.165) is 49.9 Å². The second kappa shape index (κ2) is 9.04. The fourth-order valence-corrected chi connectivity index (χ4v) is 6.49. The first-order valence-corrected chi connectivity index (χ1v) is 13.9. The number of ether oxygens (including phenoxy) is 1. The minimum absolute atomic E-state index is 0.151. The number of aromatic nitrogens is 2. The monoisotopic (exact) mass is 603 g/mol. The number of hydrogen-bond acceptors (Lipinski definition) is 6. The molecule has 3 aliphatic heterocycles. The van der Waals surface area contributed by atoms with Gasteiger partial charge in [-0.25, -0.2) is 5.01 Å². The standard InChI is InChI=1S/C28H19BrClN5O2S/c29-19-8-11-24-21(13-19)23-14-22(16-6-9-20(30)10-7-16)34-35(23)28(37-24)25(38-27(36)32-28)12-18-15-31-33-26(18)17-4-2-1-3-5-17/h1-13,15,23H,14H2,(H,31,33)(H,32,36)/b25-12-. The van der Waals surface area contributed by atoms with Crippen molar-refractivity contribution in [1.82, 2.24) is 20.5 Å². The molecule has 1 saturated heterocycles. The van der Waals surface area contributed by atoms with Crippen molar-refractivity contribution in [3.63, 3.8) is 0 Å². The normalized spacial score (nSPS) is 22.7. The highest BCUT2D eigenvalue weighted by atomic mass is 79.9. The smallest absolute Gasteiger partial charge is 0.314 e. The molecule has 38 heavy (non-hydrogen) atoms. The van der Waals surface area contributed by atoms with Crippen molar-refractivity contribution < 1.29 is 9.53 Å². The molecular formula is C28H19BrClN5O2S. The zero-order chi connectivity index (χ0) is 25.9. The topological polar surface area (TPSA) is 82.6 Å². The lowest BCUT2D eigenvalue weighted by Crippen LogP contribution is -2.61. The summed E-state index contributed by atoms with van der Waals surface area (Å²) < 4.78 is 7.60. The van der Waals surface area contributed by atoms with Crippen LogP contribution in [0.25, 0.3) is 17.3 Å². The van der Waals surface area contributed by atoms with Gasteiger partial charge in [-0.3, -0.25) is 15.2 Å². The molecular weight excluding hydrogens is 586 g/mol. The highest BCUT2D eigenvalue weighted by Crippen LogP contribution is 2.53. The van der Waals surface area contributed by atoms with Gasteiger partial charge in [-0.1, -0.05) is 70.0 Å². The van der Waals surface area contributed by atoms with Crippen molar-refractivity contribution in [3.8, 4) is 17.0 Å². The molecule has 0 saturated carbocycles. The summed E-state index contributed by atoms with van der Waals surface area (Å²) in [6, 6.07) is 23.4. The molecule has 2 unspecified atom stereocenters. The third kappa shape index (κ3) is 3.84. The van der Waals surface area contributed by atoms with Crippen LogP contribution in [-0.2, 0) is 0 Å². The lowest BCUT2D eigenvalue weighted by atomic mass is 9.95. The maximum absolute atomic E-state index is 13.0. The molecule has 0 radical (unpaired) electrons. The van der Waals surface area contributed by atoms with Gasteiger partial charge in [0, 0.05) is 32.6 Å². The third-order valence-electron chi connectivity index (χ3n) is 6.82. The Kier molecular flexibility index (Phi) is 5.61. The SMILES string of the molecule is O=C1NC2(Oc3ccc(Br)cc3C3CC(c4ccc(Cl)cc4)=NN32)/C(=C/c2cn[nH]c2-c2ccccc2)S1.